The Balaban J connectivity index is 1.61. The fourth-order valence-corrected chi connectivity index (χ4v) is 6.03. The molecule has 0 spiro atoms. The van der Waals surface area contributed by atoms with E-state index < -0.39 is 10.0 Å². The minimum Gasteiger partial charge on any atom is -0.324 e. The first-order chi connectivity index (χ1) is 13.9. The first-order valence-corrected chi connectivity index (χ1v) is 11.6. The van der Waals surface area contributed by atoms with Crippen molar-refractivity contribution in [3.05, 3.63) is 57.7 Å². The maximum Gasteiger partial charge on any atom is 0.308 e. The van der Waals surface area contributed by atoms with E-state index in [0.717, 1.165) is 29.7 Å². The lowest BCUT2D eigenvalue weighted by molar-refractivity contribution is -0.116. The number of rotatable bonds is 5. The van der Waals surface area contributed by atoms with Gasteiger partial charge in [-0.1, -0.05) is 29.5 Å². The third-order valence-corrected chi connectivity index (χ3v) is 7.90. The fraction of sp³-hybridized carbons (Fsp3) is 0.300. The SMILES string of the molecule is Cc1ccccc1NC(=O)Cn1c(=O)sc2cc(S(=O)(=O)N3CCCC3)ccc21. The van der Waals surface area contributed by atoms with E-state index in [1.165, 1.54) is 21.0 Å². The van der Waals surface area contributed by atoms with Gasteiger partial charge in [0.15, 0.2) is 0 Å². The molecule has 1 amide bonds. The Morgan fingerprint density at radius 2 is 1.86 bits per heavy atom. The van der Waals surface area contributed by atoms with Gasteiger partial charge in [-0.15, -0.1) is 0 Å². The summed E-state index contributed by atoms with van der Waals surface area (Å²) in [6, 6.07) is 12.1. The van der Waals surface area contributed by atoms with Crippen molar-refractivity contribution in [2.75, 3.05) is 18.4 Å². The number of anilines is 1. The number of aromatic nitrogens is 1. The highest BCUT2D eigenvalue weighted by atomic mass is 32.2. The number of nitrogens with one attached hydrogen (secondary N) is 1. The number of carbonyl (C=O) groups is 1. The van der Waals surface area contributed by atoms with Crippen LogP contribution in [0.2, 0.25) is 0 Å². The van der Waals surface area contributed by atoms with Crippen LogP contribution in [0.3, 0.4) is 0 Å². The van der Waals surface area contributed by atoms with Gasteiger partial charge in [-0.25, -0.2) is 8.42 Å². The van der Waals surface area contributed by atoms with Crippen LogP contribution >= 0.6 is 11.3 Å². The highest BCUT2D eigenvalue weighted by Gasteiger charge is 2.27. The number of hydrogen-bond acceptors (Lipinski definition) is 5. The Labute approximate surface area is 172 Å². The number of aryl methyl sites for hydroxylation is 1. The summed E-state index contributed by atoms with van der Waals surface area (Å²) in [6.07, 6.45) is 1.72. The minimum atomic E-state index is -3.55. The molecule has 1 aliphatic heterocycles. The van der Waals surface area contributed by atoms with E-state index in [9.17, 15) is 18.0 Å². The Morgan fingerprint density at radius 3 is 2.59 bits per heavy atom. The lowest BCUT2D eigenvalue weighted by Gasteiger charge is -2.15. The molecule has 3 aromatic rings. The number of thiazole rings is 1. The van der Waals surface area contributed by atoms with E-state index in [-0.39, 0.29) is 22.2 Å². The summed E-state index contributed by atoms with van der Waals surface area (Å²) in [6.45, 7) is 2.81. The first-order valence-electron chi connectivity index (χ1n) is 9.35. The summed E-state index contributed by atoms with van der Waals surface area (Å²) in [5, 5.41) is 2.82. The molecule has 2 aromatic carbocycles. The Kier molecular flexibility index (Phi) is 5.28. The van der Waals surface area contributed by atoms with Crippen molar-refractivity contribution in [1.82, 2.24) is 8.87 Å². The number of hydrogen-bond donors (Lipinski definition) is 1. The van der Waals surface area contributed by atoms with Gasteiger partial charge in [0, 0.05) is 18.8 Å². The smallest absolute Gasteiger partial charge is 0.308 e. The van der Waals surface area contributed by atoms with Crippen LogP contribution in [0, 0.1) is 6.92 Å². The maximum atomic E-state index is 12.8. The van der Waals surface area contributed by atoms with Crippen LogP contribution in [-0.4, -0.2) is 36.3 Å². The zero-order valence-corrected chi connectivity index (χ0v) is 17.6. The van der Waals surface area contributed by atoms with Gasteiger partial charge in [0.1, 0.15) is 6.54 Å². The van der Waals surface area contributed by atoms with Crippen LogP contribution in [0.1, 0.15) is 18.4 Å². The number of benzene rings is 2. The number of nitrogens with zero attached hydrogens (tertiary/aromatic N) is 2. The Bertz CT molecular complexity index is 1240. The molecular weight excluding hydrogens is 410 g/mol. The molecule has 0 aliphatic carbocycles. The van der Waals surface area contributed by atoms with Crippen molar-refractivity contribution >= 4 is 43.2 Å². The molecule has 152 valence electrons. The quantitative estimate of drug-likeness (QED) is 0.673. The topological polar surface area (TPSA) is 88.5 Å². The van der Waals surface area contributed by atoms with E-state index in [4.69, 9.17) is 0 Å². The van der Waals surface area contributed by atoms with Crippen LogP contribution in [0.25, 0.3) is 10.2 Å². The second kappa shape index (κ2) is 7.74. The van der Waals surface area contributed by atoms with Gasteiger partial charge >= 0.3 is 4.87 Å². The molecule has 0 radical (unpaired) electrons. The van der Waals surface area contributed by atoms with Crippen molar-refractivity contribution in [3.8, 4) is 0 Å². The minimum absolute atomic E-state index is 0.134. The van der Waals surface area contributed by atoms with Crippen LogP contribution in [0.4, 0.5) is 5.69 Å². The van der Waals surface area contributed by atoms with E-state index >= 15 is 0 Å². The molecule has 0 atom stereocenters. The van der Waals surface area contributed by atoms with E-state index in [1.807, 2.05) is 25.1 Å². The zero-order valence-electron chi connectivity index (χ0n) is 15.9. The van der Waals surface area contributed by atoms with Crippen LogP contribution in [0.5, 0.6) is 0 Å². The molecular formula is C20H21N3O4S2. The number of carbonyl (C=O) groups excluding carboxylic acids is 1. The molecule has 4 rings (SSSR count). The third-order valence-electron chi connectivity index (χ3n) is 5.06. The van der Waals surface area contributed by atoms with Crippen molar-refractivity contribution in [2.45, 2.75) is 31.2 Å². The fourth-order valence-electron chi connectivity index (χ4n) is 3.48. The predicted molar refractivity (Wildman–Crippen MR) is 114 cm³/mol. The summed E-state index contributed by atoms with van der Waals surface area (Å²) in [4.78, 5) is 24.8. The normalized spacial score (nSPS) is 15.1. The number of fused-ring (bicyclic) bond motifs is 1. The number of sulfonamides is 1. The van der Waals surface area contributed by atoms with Gasteiger partial charge < -0.3 is 5.32 Å². The van der Waals surface area contributed by atoms with Crippen LogP contribution in [-0.2, 0) is 21.4 Å². The molecule has 1 aromatic heterocycles. The average Bonchev–Trinajstić information content (AvgIpc) is 3.32. The van der Waals surface area contributed by atoms with Crippen molar-refractivity contribution < 1.29 is 13.2 Å². The third kappa shape index (κ3) is 3.85. The number of amides is 1. The Hall–Kier alpha value is -2.49. The predicted octanol–water partition coefficient (Wildman–Crippen LogP) is 2.79. The molecule has 29 heavy (non-hydrogen) atoms. The highest BCUT2D eigenvalue weighted by molar-refractivity contribution is 7.89. The summed E-state index contributed by atoms with van der Waals surface area (Å²) in [5.74, 6) is -0.310. The molecule has 7 nitrogen and oxygen atoms in total. The second-order valence-corrected chi connectivity index (χ2v) is 9.99. The Morgan fingerprint density at radius 1 is 1.14 bits per heavy atom. The molecule has 0 bridgehead atoms. The molecule has 0 saturated carbocycles. The standard InChI is InChI=1S/C20H21N3O4S2/c1-14-6-2-3-7-16(14)21-19(24)13-23-17-9-8-15(12-18(17)28-20(23)25)29(26,27)22-10-4-5-11-22/h2-3,6-9,12H,4-5,10-11,13H2,1H3,(H,21,24). The number of para-hydroxylation sites is 1. The lowest BCUT2D eigenvalue weighted by atomic mass is 10.2. The average molecular weight is 432 g/mol. The summed E-state index contributed by atoms with van der Waals surface area (Å²) in [7, 11) is -3.55. The van der Waals surface area contributed by atoms with Crippen molar-refractivity contribution in [3.63, 3.8) is 0 Å². The molecule has 1 aliphatic rings. The highest BCUT2D eigenvalue weighted by Crippen LogP contribution is 2.26. The molecule has 1 N–H and O–H groups in total. The lowest BCUT2D eigenvalue weighted by Crippen LogP contribution is -2.27. The molecule has 0 unspecified atom stereocenters. The van der Waals surface area contributed by atoms with Gasteiger partial charge in [0.2, 0.25) is 15.9 Å². The molecule has 1 saturated heterocycles. The maximum absolute atomic E-state index is 12.8. The van der Waals surface area contributed by atoms with Crippen LogP contribution < -0.4 is 10.2 Å². The van der Waals surface area contributed by atoms with E-state index in [2.05, 4.69) is 5.32 Å². The van der Waals surface area contributed by atoms with Gasteiger partial charge in [-0.2, -0.15) is 4.31 Å². The van der Waals surface area contributed by atoms with Crippen molar-refractivity contribution in [1.29, 1.82) is 0 Å². The van der Waals surface area contributed by atoms with Gasteiger partial charge in [0.25, 0.3) is 0 Å². The van der Waals surface area contributed by atoms with Crippen molar-refractivity contribution in [2.24, 2.45) is 0 Å². The van der Waals surface area contributed by atoms with E-state index in [0.29, 0.717) is 29.0 Å². The zero-order chi connectivity index (χ0) is 20.6. The second-order valence-electron chi connectivity index (χ2n) is 7.06. The molecule has 9 heteroatoms. The van der Waals surface area contributed by atoms with Gasteiger partial charge in [-0.05, 0) is 49.6 Å². The summed E-state index contributed by atoms with van der Waals surface area (Å²) < 4.78 is 28.9. The largest absolute Gasteiger partial charge is 0.324 e. The first kappa shape index (κ1) is 19.8. The van der Waals surface area contributed by atoms with Gasteiger partial charge in [0.05, 0.1) is 15.1 Å². The monoisotopic (exact) mass is 431 g/mol. The van der Waals surface area contributed by atoms with E-state index in [1.54, 1.807) is 12.1 Å². The summed E-state index contributed by atoms with van der Waals surface area (Å²) >= 11 is 0.947. The molecule has 1 fully saturated rings. The molecule has 2 heterocycles. The van der Waals surface area contributed by atoms with Crippen LogP contribution in [0.15, 0.2) is 52.2 Å². The summed E-state index contributed by atoms with van der Waals surface area (Å²) in [5.41, 5.74) is 2.18. The van der Waals surface area contributed by atoms with Gasteiger partial charge in [-0.3, -0.25) is 14.2 Å².